The van der Waals surface area contributed by atoms with E-state index in [1.807, 2.05) is 50.2 Å². The lowest BCUT2D eigenvalue weighted by Gasteiger charge is -2.26. The molecule has 0 aromatic heterocycles. The second-order valence-corrected chi connectivity index (χ2v) is 8.63. The van der Waals surface area contributed by atoms with E-state index in [0.717, 1.165) is 12.0 Å². The Labute approximate surface area is 216 Å². The lowest BCUT2D eigenvalue weighted by atomic mass is 9.94. The van der Waals surface area contributed by atoms with Crippen molar-refractivity contribution in [3.05, 3.63) is 95.1 Å². The zero-order chi connectivity index (χ0) is 26.4. The standard InChI is InChI=1S/C30H31NO6/c1-4-17-37-24-16-13-22(18-25(24)36-5-2)27-26(28(32)21-11-14-23(35-3)15-12-21)29(33)30(34)31(27)19-20-9-7-6-8-10-20/h6-16,18,27,32H,4-5,17,19H2,1-3H3/b28-26+. The van der Waals surface area contributed by atoms with Gasteiger partial charge in [0.2, 0.25) is 0 Å². The van der Waals surface area contributed by atoms with Gasteiger partial charge in [-0.05, 0) is 60.9 Å². The zero-order valence-electron chi connectivity index (χ0n) is 21.3. The van der Waals surface area contributed by atoms with E-state index < -0.39 is 17.7 Å². The van der Waals surface area contributed by atoms with Gasteiger partial charge in [-0.25, -0.2) is 0 Å². The zero-order valence-corrected chi connectivity index (χ0v) is 21.3. The van der Waals surface area contributed by atoms with Crippen molar-refractivity contribution in [2.75, 3.05) is 20.3 Å². The van der Waals surface area contributed by atoms with Crippen LogP contribution in [0.1, 0.15) is 43.0 Å². The number of carbonyl (C=O) groups is 2. The minimum atomic E-state index is -0.818. The van der Waals surface area contributed by atoms with E-state index in [-0.39, 0.29) is 17.9 Å². The average molecular weight is 502 g/mol. The maximum absolute atomic E-state index is 13.4. The maximum Gasteiger partial charge on any atom is 0.295 e. The van der Waals surface area contributed by atoms with Crippen LogP contribution < -0.4 is 14.2 Å². The van der Waals surface area contributed by atoms with Crippen molar-refractivity contribution in [3.63, 3.8) is 0 Å². The largest absolute Gasteiger partial charge is 0.507 e. The first-order valence-corrected chi connectivity index (χ1v) is 12.3. The van der Waals surface area contributed by atoms with Gasteiger partial charge < -0.3 is 24.2 Å². The molecule has 0 aliphatic carbocycles. The van der Waals surface area contributed by atoms with Crippen molar-refractivity contribution in [2.24, 2.45) is 0 Å². The molecule has 4 rings (SSSR count). The summed E-state index contributed by atoms with van der Waals surface area (Å²) >= 11 is 0. The first kappa shape index (κ1) is 25.8. The Morgan fingerprint density at radius 1 is 0.919 bits per heavy atom. The Hall–Kier alpha value is -4.26. The summed E-state index contributed by atoms with van der Waals surface area (Å²) < 4.78 is 16.9. The van der Waals surface area contributed by atoms with Crippen LogP contribution in [0.15, 0.2) is 78.4 Å². The molecule has 0 saturated carbocycles. The number of aliphatic hydroxyl groups excluding tert-OH is 1. The Kier molecular flexibility index (Phi) is 8.13. The lowest BCUT2D eigenvalue weighted by Crippen LogP contribution is -2.29. The van der Waals surface area contributed by atoms with Crippen LogP contribution >= 0.6 is 0 Å². The lowest BCUT2D eigenvalue weighted by molar-refractivity contribution is -0.140. The molecule has 0 radical (unpaired) electrons. The number of benzene rings is 3. The van der Waals surface area contributed by atoms with Gasteiger partial charge in [-0.2, -0.15) is 0 Å². The third kappa shape index (κ3) is 5.45. The third-order valence-electron chi connectivity index (χ3n) is 6.14. The summed E-state index contributed by atoms with van der Waals surface area (Å²) in [5.74, 6) is 0.0602. The molecule has 37 heavy (non-hydrogen) atoms. The number of Topliss-reactive ketones (excluding diaryl/α,β-unsaturated/α-hetero) is 1. The molecule has 1 aliphatic heterocycles. The highest BCUT2D eigenvalue weighted by atomic mass is 16.5. The van der Waals surface area contributed by atoms with Crippen LogP contribution in [0, 0.1) is 0 Å². The van der Waals surface area contributed by atoms with E-state index in [1.54, 1.807) is 43.5 Å². The molecule has 1 saturated heterocycles. The van der Waals surface area contributed by atoms with Crippen LogP contribution in [0.25, 0.3) is 5.76 Å². The highest BCUT2D eigenvalue weighted by Gasteiger charge is 2.46. The fourth-order valence-corrected chi connectivity index (χ4v) is 4.37. The molecule has 1 heterocycles. The minimum Gasteiger partial charge on any atom is -0.507 e. The van der Waals surface area contributed by atoms with Crippen molar-refractivity contribution in [1.82, 2.24) is 4.90 Å². The van der Waals surface area contributed by atoms with Gasteiger partial charge in [0.1, 0.15) is 11.5 Å². The SMILES string of the molecule is CCCOc1ccc(C2/C(=C(\O)c3ccc(OC)cc3)C(=O)C(=O)N2Cc2ccccc2)cc1OCC. The van der Waals surface area contributed by atoms with Crippen LogP contribution in [0.2, 0.25) is 0 Å². The van der Waals surface area contributed by atoms with Gasteiger partial charge in [0, 0.05) is 12.1 Å². The molecular formula is C30H31NO6. The van der Waals surface area contributed by atoms with Crippen molar-refractivity contribution in [3.8, 4) is 17.2 Å². The van der Waals surface area contributed by atoms with Gasteiger partial charge in [0.05, 0.1) is 31.9 Å². The summed E-state index contributed by atoms with van der Waals surface area (Å²) in [5.41, 5.74) is 1.94. The number of amides is 1. The highest BCUT2D eigenvalue weighted by Crippen LogP contribution is 2.43. The van der Waals surface area contributed by atoms with Gasteiger partial charge in [-0.15, -0.1) is 0 Å². The van der Waals surface area contributed by atoms with Gasteiger partial charge in [0.15, 0.2) is 11.5 Å². The summed E-state index contributed by atoms with van der Waals surface area (Å²) in [6.45, 7) is 5.05. The van der Waals surface area contributed by atoms with Crippen LogP contribution in [-0.2, 0) is 16.1 Å². The number of hydrogen-bond donors (Lipinski definition) is 1. The molecule has 7 nitrogen and oxygen atoms in total. The van der Waals surface area contributed by atoms with Gasteiger partial charge in [0.25, 0.3) is 11.7 Å². The molecule has 1 fully saturated rings. The molecule has 0 spiro atoms. The fourth-order valence-electron chi connectivity index (χ4n) is 4.37. The van der Waals surface area contributed by atoms with Crippen molar-refractivity contribution in [1.29, 1.82) is 0 Å². The second kappa shape index (κ2) is 11.6. The summed E-state index contributed by atoms with van der Waals surface area (Å²) in [4.78, 5) is 28.2. The molecule has 1 N–H and O–H groups in total. The number of ether oxygens (including phenoxy) is 3. The van der Waals surface area contributed by atoms with Crippen molar-refractivity contribution < 1.29 is 28.9 Å². The summed E-state index contributed by atoms with van der Waals surface area (Å²) in [7, 11) is 1.55. The average Bonchev–Trinajstić information content (AvgIpc) is 3.17. The van der Waals surface area contributed by atoms with E-state index in [1.165, 1.54) is 4.90 Å². The topological polar surface area (TPSA) is 85.3 Å². The predicted octanol–water partition coefficient (Wildman–Crippen LogP) is 5.50. The van der Waals surface area contributed by atoms with Crippen molar-refractivity contribution >= 4 is 17.4 Å². The van der Waals surface area contributed by atoms with E-state index in [2.05, 4.69) is 0 Å². The summed E-state index contributed by atoms with van der Waals surface area (Å²) in [6.07, 6.45) is 0.840. The van der Waals surface area contributed by atoms with E-state index >= 15 is 0 Å². The normalized spacial score (nSPS) is 16.6. The monoisotopic (exact) mass is 501 g/mol. The number of likely N-dealkylation sites (tertiary alicyclic amines) is 1. The molecular weight excluding hydrogens is 470 g/mol. The van der Waals surface area contributed by atoms with Crippen LogP contribution in [0.4, 0.5) is 0 Å². The fraction of sp³-hybridized carbons (Fsp3) is 0.267. The third-order valence-corrected chi connectivity index (χ3v) is 6.14. The molecule has 1 amide bonds. The number of hydrogen-bond acceptors (Lipinski definition) is 6. The summed E-state index contributed by atoms with van der Waals surface area (Å²) in [6, 6.07) is 20.7. The number of ketones is 1. The molecule has 3 aromatic rings. The molecule has 1 aliphatic rings. The molecule has 192 valence electrons. The first-order chi connectivity index (χ1) is 18.0. The molecule has 0 bridgehead atoms. The number of nitrogens with zero attached hydrogens (tertiary/aromatic N) is 1. The molecule has 1 unspecified atom stereocenters. The summed E-state index contributed by atoms with van der Waals surface area (Å²) in [5, 5.41) is 11.3. The van der Waals surface area contributed by atoms with E-state index in [4.69, 9.17) is 14.2 Å². The van der Waals surface area contributed by atoms with Crippen LogP contribution in [0.5, 0.6) is 17.2 Å². The molecule has 7 heteroatoms. The number of methoxy groups -OCH3 is 1. The smallest absolute Gasteiger partial charge is 0.295 e. The quantitative estimate of drug-likeness (QED) is 0.224. The van der Waals surface area contributed by atoms with Gasteiger partial charge in [-0.3, -0.25) is 9.59 Å². The number of rotatable bonds is 10. The van der Waals surface area contributed by atoms with Crippen LogP contribution in [-0.4, -0.2) is 42.0 Å². The Morgan fingerprint density at radius 3 is 2.30 bits per heavy atom. The van der Waals surface area contributed by atoms with Gasteiger partial charge >= 0.3 is 0 Å². The Morgan fingerprint density at radius 2 is 1.65 bits per heavy atom. The van der Waals surface area contributed by atoms with E-state index in [0.29, 0.717) is 41.6 Å². The maximum atomic E-state index is 13.4. The van der Waals surface area contributed by atoms with Gasteiger partial charge in [-0.1, -0.05) is 43.3 Å². The minimum absolute atomic E-state index is 0.0239. The molecule has 1 atom stereocenters. The van der Waals surface area contributed by atoms with Crippen molar-refractivity contribution in [2.45, 2.75) is 32.9 Å². The first-order valence-electron chi connectivity index (χ1n) is 12.3. The predicted molar refractivity (Wildman–Crippen MR) is 141 cm³/mol. The second-order valence-electron chi connectivity index (χ2n) is 8.63. The molecule has 3 aromatic carbocycles. The highest BCUT2D eigenvalue weighted by molar-refractivity contribution is 6.46. The van der Waals surface area contributed by atoms with E-state index in [9.17, 15) is 14.7 Å². The Balaban J connectivity index is 1.85. The Bertz CT molecular complexity index is 1280. The number of carbonyl (C=O) groups excluding carboxylic acids is 2. The number of aliphatic hydroxyl groups is 1. The van der Waals surface area contributed by atoms with Crippen LogP contribution in [0.3, 0.4) is 0 Å².